The molecule has 0 bridgehead atoms. The number of ether oxygens (including phenoxy) is 1. The molecule has 2 heteroatoms. The molecule has 2 aliphatic carbocycles. The quantitative estimate of drug-likeness (QED) is 0.486. The normalized spacial score (nSPS) is 40.8. The van der Waals surface area contributed by atoms with Crippen LogP contribution >= 0.6 is 11.6 Å². The highest BCUT2D eigenvalue weighted by Gasteiger charge is 2.42. The summed E-state index contributed by atoms with van der Waals surface area (Å²) in [6, 6.07) is 0. The van der Waals surface area contributed by atoms with Gasteiger partial charge in [0.15, 0.2) is 0 Å². The van der Waals surface area contributed by atoms with Gasteiger partial charge in [0.05, 0.1) is 5.60 Å². The summed E-state index contributed by atoms with van der Waals surface area (Å²) in [5.74, 6) is 1.78. The molecule has 0 aromatic heterocycles. The molecule has 1 aliphatic heterocycles. The second-order valence-corrected chi connectivity index (χ2v) is 7.49. The van der Waals surface area contributed by atoms with Gasteiger partial charge >= 0.3 is 0 Å². The molecule has 0 aromatic rings. The Kier molecular flexibility index (Phi) is 4.20. The van der Waals surface area contributed by atoms with E-state index >= 15 is 0 Å². The van der Waals surface area contributed by atoms with Crippen LogP contribution < -0.4 is 0 Å². The van der Waals surface area contributed by atoms with Gasteiger partial charge in [0, 0.05) is 12.0 Å². The number of hydrogen-bond acceptors (Lipinski definition) is 1. The third-order valence-electron chi connectivity index (χ3n) is 5.61. The molecule has 2 saturated carbocycles. The Morgan fingerprint density at radius 2 is 1.67 bits per heavy atom. The van der Waals surface area contributed by atoms with Gasteiger partial charge < -0.3 is 4.74 Å². The lowest BCUT2D eigenvalue weighted by Gasteiger charge is -2.41. The first kappa shape index (κ1) is 13.2. The van der Waals surface area contributed by atoms with Gasteiger partial charge in [-0.25, -0.2) is 0 Å². The van der Waals surface area contributed by atoms with E-state index in [4.69, 9.17) is 16.3 Å². The Labute approximate surface area is 117 Å². The van der Waals surface area contributed by atoms with Crippen LogP contribution in [0.1, 0.15) is 70.6 Å². The van der Waals surface area contributed by atoms with Crippen molar-refractivity contribution in [3.05, 3.63) is 0 Å². The minimum absolute atomic E-state index is 0.289. The fraction of sp³-hybridized carbons (Fsp3) is 1.00. The van der Waals surface area contributed by atoms with E-state index in [0.29, 0.717) is 5.38 Å². The van der Waals surface area contributed by atoms with Gasteiger partial charge in [-0.3, -0.25) is 0 Å². The van der Waals surface area contributed by atoms with Gasteiger partial charge in [0.1, 0.15) is 0 Å². The van der Waals surface area contributed by atoms with Crippen molar-refractivity contribution in [2.24, 2.45) is 11.8 Å². The van der Waals surface area contributed by atoms with Crippen LogP contribution in [0, 0.1) is 11.8 Å². The molecule has 3 aliphatic rings. The molecule has 3 unspecified atom stereocenters. The second kappa shape index (κ2) is 5.71. The maximum absolute atomic E-state index is 6.45. The minimum atomic E-state index is 0.289. The maximum Gasteiger partial charge on any atom is 0.0685 e. The van der Waals surface area contributed by atoms with Crippen molar-refractivity contribution < 1.29 is 4.74 Å². The van der Waals surface area contributed by atoms with E-state index in [9.17, 15) is 0 Å². The highest BCUT2D eigenvalue weighted by atomic mass is 35.5. The van der Waals surface area contributed by atoms with Gasteiger partial charge in [-0.1, -0.05) is 32.1 Å². The first-order valence-corrected chi connectivity index (χ1v) is 8.49. The van der Waals surface area contributed by atoms with E-state index in [-0.39, 0.29) is 5.60 Å². The third kappa shape index (κ3) is 2.88. The Morgan fingerprint density at radius 1 is 0.889 bits per heavy atom. The van der Waals surface area contributed by atoms with Gasteiger partial charge in [-0.05, 0) is 50.4 Å². The maximum atomic E-state index is 6.45. The topological polar surface area (TPSA) is 9.23 Å². The van der Waals surface area contributed by atoms with Crippen LogP contribution in [0.15, 0.2) is 0 Å². The summed E-state index contributed by atoms with van der Waals surface area (Å²) in [4.78, 5) is 0. The van der Waals surface area contributed by atoms with Crippen molar-refractivity contribution in [2.75, 3.05) is 6.61 Å². The largest absolute Gasteiger partial charge is 0.375 e. The van der Waals surface area contributed by atoms with E-state index in [2.05, 4.69) is 0 Å². The van der Waals surface area contributed by atoms with E-state index in [1.54, 1.807) is 0 Å². The highest BCUT2D eigenvalue weighted by Crippen LogP contribution is 2.46. The molecule has 0 aromatic carbocycles. The fourth-order valence-corrected chi connectivity index (χ4v) is 4.98. The monoisotopic (exact) mass is 270 g/mol. The van der Waals surface area contributed by atoms with E-state index < -0.39 is 0 Å². The smallest absolute Gasteiger partial charge is 0.0685 e. The first-order chi connectivity index (χ1) is 8.77. The highest BCUT2D eigenvalue weighted by molar-refractivity contribution is 6.20. The van der Waals surface area contributed by atoms with Crippen LogP contribution in [0.2, 0.25) is 0 Å². The molecule has 3 rings (SSSR count). The Balaban J connectivity index is 1.63. The molecular formula is C16H27ClO. The number of hydrogen-bond donors (Lipinski definition) is 0. The predicted molar refractivity (Wildman–Crippen MR) is 76.1 cm³/mol. The van der Waals surface area contributed by atoms with Crippen molar-refractivity contribution in [3.63, 3.8) is 0 Å². The second-order valence-electron chi connectivity index (χ2n) is 6.87. The van der Waals surface area contributed by atoms with Gasteiger partial charge in [-0.2, -0.15) is 0 Å². The Hall–Kier alpha value is 0.250. The summed E-state index contributed by atoms with van der Waals surface area (Å²) in [7, 11) is 0. The predicted octanol–water partition coefficient (Wildman–Crippen LogP) is 4.91. The molecule has 1 spiro atoms. The number of halogens is 1. The molecule has 0 N–H and O–H groups in total. The zero-order chi connectivity index (χ0) is 12.4. The van der Waals surface area contributed by atoms with Crippen LogP contribution in [-0.4, -0.2) is 17.6 Å². The summed E-state index contributed by atoms with van der Waals surface area (Å²) in [5.41, 5.74) is 0.289. The Bertz CT molecular complexity index is 272. The lowest BCUT2D eigenvalue weighted by atomic mass is 9.75. The molecule has 1 saturated heterocycles. The van der Waals surface area contributed by atoms with Gasteiger partial charge in [0.25, 0.3) is 0 Å². The minimum Gasteiger partial charge on any atom is -0.375 e. The van der Waals surface area contributed by atoms with Gasteiger partial charge in [0.2, 0.25) is 0 Å². The lowest BCUT2D eigenvalue weighted by molar-refractivity contribution is -0.103. The van der Waals surface area contributed by atoms with Crippen molar-refractivity contribution >= 4 is 11.6 Å². The molecule has 1 nitrogen and oxygen atoms in total. The Morgan fingerprint density at radius 3 is 2.50 bits per heavy atom. The van der Waals surface area contributed by atoms with Crippen LogP contribution in [0.25, 0.3) is 0 Å². The molecule has 18 heavy (non-hydrogen) atoms. The van der Waals surface area contributed by atoms with E-state index in [1.165, 1.54) is 70.6 Å². The third-order valence-corrected chi connectivity index (χ3v) is 6.01. The lowest BCUT2D eigenvalue weighted by Crippen LogP contribution is -2.39. The molecule has 0 amide bonds. The van der Waals surface area contributed by atoms with Crippen LogP contribution in [0.3, 0.4) is 0 Å². The average Bonchev–Trinajstić information content (AvgIpc) is 2.69. The fourth-order valence-electron chi connectivity index (χ4n) is 4.60. The van der Waals surface area contributed by atoms with E-state index in [0.717, 1.165) is 18.4 Å². The van der Waals surface area contributed by atoms with Crippen molar-refractivity contribution in [1.29, 1.82) is 0 Å². The SMILES string of the molecule is ClC1CCCCC(C2CCOC3(CCCC3)C2)C1. The summed E-state index contributed by atoms with van der Waals surface area (Å²) in [6.45, 7) is 1.01. The summed E-state index contributed by atoms with van der Waals surface area (Å²) in [6.07, 6.45) is 14.7. The number of alkyl halides is 1. The average molecular weight is 271 g/mol. The van der Waals surface area contributed by atoms with Crippen LogP contribution in [-0.2, 0) is 4.74 Å². The molecule has 1 heterocycles. The molecule has 3 atom stereocenters. The summed E-state index contributed by atoms with van der Waals surface area (Å²) < 4.78 is 6.17. The molecule has 0 radical (unpaired) electrons. The van der Waals surface area contributed by atoms with Gasteiger partial charge in [-0.15, -0.1) is 11.6 Å². The molecule has 3 fully saturated rings. The van der Waals surface area contributed by atoms with Crippen molar-refractivity contribution in [2.45, 2.75) is 81.6 Å². The zero-order valence-electron chi connectivity index (χ0n) is 11.5. The summed E-state index contributed by atoms with van der Waals surface area (Å²) >= 11 is 6.45. The molecule has 104 valence electrons. The van der Waals surface area contributed by atoms with E-state index in [1.807, 2.05) is 0 Å². The van der Waals surface area contributed by atoms with Crippen molar-refractivity contribution in [1.82, 2.24) is 0 Å². The van der Waals surface area contributed by atoms with Crippen LogP contribution in [0.5, 0.6) is 0 Å². The first-order valence-electron chi connectivity index (χ1n) is 8.05. The number of rotatable bonds is 1. The molecular weight excluding hydrogens is 244 g/mol. The van der Waals surface area contributed by atoms with Crippen molar-refractivity contribution in [3.8, 4) is 0 Å². The standard InChI is InChI=1S/C16H27ClO/c17-15-6-2-1-5-13(11-15)14-7-10-18-16(12-14)8-3-4-9-16/h13-15H,1-12H2. The zero-order valence-corrected chi connectivity index (χ0v) is 12.3. The van der Waals surface area contributed by atoms with Crippen LogP contribution in [0.4, 0.5) is 0 Å². The summed E-state index contributed by atoms with van der Waals surface area (Å²) in [5, 5.41) is 0.444.